The first-order chi connectivity index (χ1) is 32.0. The summed E-state index contributed by atoms with van der Waals surface area (Å²) in [6.07, 6.45) is 66.4. The molecule has 0 saturated carbocycles. The topological polar surface area (TPSA) is 78.9 Å². The molecule has 0 aromatic carbocycles. The average Bonchev–Trinajstić information content (AvgIpc) is 3.30. The van der Waals surface area contributed by atoms with Gasteiger partial charge in [0.15, 0.2) is 6.10 Å². The monoisotopic (exact) mass is 909 g/mol. The lowest BCUT2D eigenvalue weighted by atomic mass is 10.1. The van der Waals surface area contributed by atoms with Gasteiger partial charge in [0, 0.05) is 19.3 Å². The number of esters is 3. The van der Waals surface area contributed by atoms with Gasteiger partial charge < -0.3 is 14.2 Å². The zero-order valence-corrected chi connectivity index (χ0v) is 43.0. The van der Waals surface area contributed by atoms with Crippen LogP contribution in [0.1, 0.15) is 278 Å². The van der Waals surface area contributed by atoms with Gasteiger partial charge in [0.05, 0.1) is 0 Å². The van der Waals surface area contributed by atoms with Crippen LogP contribution in [0.3, 0.4) is 0 Å². The molecule has 6 heteroatoms. The lowest BCUT2D eigenvalue weighted by molar-refractivity contribution is -0.167. The largest absolute Gasteiger partial charge is 0.462 e. The van der Waals surface area contributed by atoms with Gasteiger partial charge in [-0.2, -0.15) is 0 Å². The van der Waals surface area contributed by atoms with E-state index in [9.17, 15) is 14.4 Å². The number of unbranched alkanes of at least 4 members (excludes halogenated alkanes) is 29. The molecule has 1 atom stereocenters. The second-order valence-corrected chi connectivity index (χ2v) is 18.5. The standard InChI is InChI=1S/C59H104O6/c1-4-7-10-13-16-19-22-25-28-29-32-34-37-40-43-46-49-52-58(61)64-55-56(65-59(62)53-50-47-44-41-38-35-31-27-24-21-18-15-12-9-6-3)54-63-57(60)51-48-45-42-39-36-33-30-26-23-20-17-14-11-8-5-2/h20-21,23-25,28,32,34,40,43,56H,4-19,22,26-27,29-31,33,35-39,41-42,44-55H2,1-3H3/b23-20-,24-21-,28-25-,34-32-,43-40-. The van der Waals surface area contributed by atoms with Crippen molar-refractivity contribution in [1.29, 1.82) is 0 Å². The number of carbonyl (C=O) groups is 3. The molecule has 1 unspecified atom stereocenters. The number of rotatable bonds is 50. The Balaban J connectivity index is 4.45. The van der Waals surface area contributed by atoms with Gasteiger partial charge in [-0.15, -0.1) is 0 Å². The molecule has 0 aliphatic rings. The van der Waals surface area contributed by atoms with Gasteiger partial charge in [-0.3, -0.25) is 14.4 Å². The zero-order valence-electron chi connectivity index (χ0n) is 43.0. The Morgan fingerprint density at radius 3 is 0.954 bits per heavy atom. The van der Waals surface area contributed by atoms with Crippen LogP contribution in [0, 0.1) is 0 Å². The van der Waals surface area contributed by atoms with Crippen molar-refractivity contribution in [3.8, 4) is 0 Å². The highest BCUT2D eigenvalue weighted by Crippen LogP contribution is 2.14. The van der Waals surface area contributed by atoms with Crippen LogP contribution >= 0.6 is 0 Å². The predicted octanol–water partition coefficient (Wildman–Crippen LogP) is 18.4. The molecule has 0 saturated heterocycles. The minimum absolute atomic E-state index is 0.0930. The van der Waals surface area contributed by atoms with Crippen LogP contribution in [0.25, 0.3) is 0 Å². The molecule has 0 aliphatic heterocycles. The number of ether oxygens (including phenoxy) is 3. The average molecular weight is 909 g/mol. The van der Waals surface area contributed by atoms with E-state index in [1.165, 1.54) is 173 Å². The first-order valence-electron chi connectivity index (χ1n) is 27.8. The van der Waals surface area contributed by atoms with Crippen molar-refractivity contribution in [2.75, 3.05) is 13.2 Å². The van der Waals surface area contributed by atoms with E-state index in [0.29, 0.717) is 19.3 Å². The number of hydrogen-bond donors (Lipinski definition) is 0. The molecule has 6 nitrogen and oxygen atoms in total. The van der Waals surface area contributed by atoms with Gasteiger partial charge in [-0.05, 0) is 103 Å². The maximum absolute atomic E-state index is 12.8. The van der Waals surface area contributed by atoms with E-state index in [2.05, 4.69) is 81.5 Å². The fourth-order valence-corrected chi connectivity index (χ4v) is 7.74. The van der Waals surface area contributed by atoms with Crippen LogP contribution in [0.4, 0.5) is 0 Å². The van der Waals surface area contributed by atoms with Crippen LogP contribution in [-0.2, 0) is 28.6 Å². The van der Waals surface area contributed by atoms with Crippen LogP contribution < -0.4 is 0 Å². The molecule has 0 bridgehead atoms. The summed E-state index contributed by atoms with van der Waals surface area (Å²) >= 11 is 0. The molecular weight excluding hydrogens is 805 g/mol. The molecule has 376 valence electrons. The maximum Gasteiger partial charge on any atom is 0.306 e. The second-order valence-electron chi connectivity index (χ2n) is 18.5. The molecule has 0 aromatic rings. The van der Waals surface area contributed by atoms with Gasteiger partial charge in [0.25, 0.3) is 0 Å². The quantitative estimate of drug-likeness (QED) is 0.0262. The zero-order chi connectivity index (χ0) is 47.2. The first kappa shape index (κ1) is 62.1. The van der Waals surface area contributed by atoms with E-state index in [1.54, 1.807) is 0 Å². The SMILES string of the molecule is CCCCCC/C=C\CCCCCCCCCC(=O)OCC(COC(=O)CCC/C=C\C/C=C\C/C=C\CCCCCCCC)OC(=O)CCCCCCCCC/C=C\CCCCCC. The molecule has 0 radical (unpaired) electrons. The van der Waals surface area contributed by atoms with Crippen molar-refractivity contribution in [1.82, 2.24) is 0 Å². The number of hydrogen-bond acceptors (Lipinski definition) is 6. The van der Waals surface area contributed by atoms with Crippen molar-refractivity contribution in [2.45, 2.75) is 284 Å². The van der Waals surface area contributed by atoms with Crippen molar-refractivity contribution in [3.63, 3.8) is 0 Å². The normalized spacial score (nSPS) is 12.5. The Hall–Kier alpha value is -2.89. The smallest absolute Gasteiger partial charge is 0.306 e. The first-order valence-corrected chi connectivity index (χ1v) is 27.8. The fraction of sp³-hybridized carbons (Fsp3) is 0.780. The maximum atomic E-state index is 12.8. The van der Waals surface area contributed by atoms with E-state index in [1.807, 2.05) is 0 Å². The molecule has 0 spiro atoms. The Labute approximate surface area is 402 Å². The van der Waals surface area contributed by atoms with E-state index in [4.69, 9.17) is 14.2 Å². The Kier molecular flexibility index (Phi) is 51.3. The van der Waals surface area contributed by atoms with E-state index in [-0.39, 0.29) is 37.5 Å². The van der Waals surface area contributed by atoms with E-state index in [0.717, 1.165) is 57.8 Å². The lowest BCUT2D eigenvalue weighted by Gasteiger charge is -2.18. The second kappa shape index (κ2) is 53.7. The van der Waals surface area contributed by atoms with E-state index >= 15 is 0 Å². The minimum Gasteiger partial charge on any atom is -0.462 e. The van der Waals surface area contributed by atoms with Crippen molar-refractivity contribution >= 4 is 17.9 Å². The summed E-state index contributed by atoms with van der Waals surface area (Å²) in [5.74, 6) is -0.949. The van der Waals surface area contributed by atoms with Crippen molar-refractivity contribution in [3.05, 3.63) is 60.8 Å². The van der Waals surface area contributed by atoms with E-state index < -0.39 is 6.10 Å². The third-order valence-corrected chi connectivity index (χ3v) is 12.0. The summed E-state index contributed by atoms with van der Waals surface area (Å²) in [6.45, 7) is 6.57. The van der Waals surface area contributed by atoms with Crippen molar-refractivity contribution in [2.24, 2.45) is 0 Å². The Bertz CT molecular complexity index is 1180. The molecule has 0 N–H and O–H groups in total. The van der Waals surface area contributed by atoms with Crippen LogP contribution in [-0.4, -0.2) is 37.2 Å². The number of allylic oxidation sites excluding steroid dienone is 10. The van der Waals surface area contributed by atoms with Gasteiger partial charge in [-0.25, -0.2) is 0 Å². The summed E-state index contributed by atoms with van der Waals surface area (Å²) in [4.78, 5) is 38.1. The Morgan fingerprint density at radius 1 is 0.308 bits per heavy atom. The Morgan fingerprint density at radius 2 is 0.569 bits per heavy atom. The summed E-state index contributed by atoms with van der Waals surface area (Å²) in [7, 11) is 0. The van der Waals surface area contributed by atoms with Gasteiger partial charge in [0.2, 0.25) is 0 Å². The van der Waals surface area contributed by atoms with Crippen LogP contribution in [0.15, 0.2) is 60.8 Å². The van der Waals surface area contributed by atoms with Crippen LogP contribution in [0.2, 0.25) is 0 Å². The fourth-order valence-electron chi connectivity index (χ4n) is 7.74. The molecular formula is C59H104O6. The third-order valence-electron chi connectivity index (χ3n) is 12.0. The molecule has 0 rings (SSSR count). The summed E-state index contributed by atoms with van der Waals surface area (Å²) in [5.41, 5.74) is 0. The van der Waals surface area contributed by atoms with Gasteiger partial charge >= 0.3 is 17.9 Å². The highest BCUT2D eigenvalue weighted by atomic mass is 16.6. The highest BCUT2D eigenvalue weighted by molar-refractivity contribution is 5.71. The predicted molar refractivity (Wildman–Crippen MR) is 279 cm³/mol. The van der Waals surface area contributed by atoms with Crippen LogP contribution in [0.5, 0.6) is 0 Å². The molecule has 0 aromatic heterocycles. The number of carbonyl (C=O) groups excluding carboxylic acids is 3. The summed E-state index contributed by atoms with van der Waals surface area (Å²) in [5, 5.41) is 0. The molecule has 0 heterocycles. The van der Waals surface area contributed by atoms with Gasteiger partial charge in [-0.1, -0.05) is 216 Å². The minimum atomic E-state index is -0.797. The lowest BCUT2D eigenvalue weighted by Crippen LogP contribution is -2.30. The van der Waals surface area contributed by atoms with Gasteiger partial charge in [0.1, 0.15) is 13.2 Å². The highest BCUT2D eigenvalue weighted by Gasteiger charge is 2.19. The summed E-state index contributed by atoms with van der Waals surface area (Å²) < 4.78 is 16.8. The molecule has 65 heavy (non-hydrogen) atoms. The van der Waals surface area contributed by atoms with Crippen molar-refractivity contribution < 1.29 is 28.6 Å². The summed E-state index contributed by atoms with van der Waals surface area (Å²) in [6, 6.07) is 0. The third kappa shape index (κ3) is 51.9. The molecule has 0 aliphatic carbocycles. The molecule has 0 fully saturated rings. The molecule has 0 amide bonds.